The first kappa shape index (κ1) is 10.4. The second kappa shape index (κ2) is 4.59. The van der Waals surface area contributed by atoms with E-state index in [0.29, 0.717) is 5.15 Å². The number of hydrogen-bond acceptors (Lipinski definition) is 4. The molecule has 0 aliphatic rings. The molecular formula is C10H10ClN3S. The van der Waals surface area contributed by atoms with Crippen molar-refractivity contribution in [2.24, 2.45) is 0 Å². The average Bonchev–Trinajstić information content (AvgIpc) is 2.62. The van der Waals surface area contributed by atoms with Crippen LogP contribution in [-0.2, 0) is 6.54 Å². The van der Waals surface area contributed by atoms with Gasteiger partial charge in [0.05, 0.1) is 11.6 Å². The zero-order chi connectivity index (χ0) is 10.7. The van der Waals surface area contributed by atoms with E-state index in [1.54, 1.807) is 17.4 Å². The maximum atomic E-state index is 5.77. The van der Waals surface area contributed by atoms with Crippen LogP contribution in [0.3, 0.4) is 0 Å². The molecule has 0 saturated carbocycles. The van der Waals surface area contributed by atoms with Gasteiger partial charge in [-0.15, -0.1) is 11.3 Å². The molecule has 3 nitrogen and oxygen atoms in total. The number of aryl methyl sites for hydroxylation is 1. The van der Waals surface area contributed by atoms with Crippen LogP contribution in [0, 0.1) is 6.92 Å². The Kier molecular flexibility index (Phi) is 3.18. The Balaban J connectivity index is 1.99. The highest BCUT2D eigenvalue weighted by Gasteiger charge is 1.99. The number of pyridine rings is 1. The number of rotatable bonds is 3. The normalized spacial score (nSPS) is 10.3. The Morgan fingerprint density at radius 2 is 2.33 bits per heavy atom. The molecule has 2 aromatic rings. The molecule has 0 fully saturated rings. The average molecular weight is 240 g/mol. The van der Waals surface area contributed by atoms with Gasteiger partial charge in [0.15, 0.2) is 0 Å². The van der Waals surface area contributed by atoms with E-state index in [0.717, 1.165) is 17.4 Å². The van der Waals surface area contributed by atoms with Crippen molar-refractivity contribution in [1.29, 1.82) is 0 Å². The quantitative estimate of drug-likeness (QED) is 0.837. The van der Waals surface area contributed by atoms with E-state index in [4.69, 9.17) is 11.6 Å². The lowest BCUT2D eigenvalue weighted by atomic mass is 10.4. The number of aromatic nitrogens is 2. The molecule has 15 heavy (non-hydrogen) atoms. The molecule has 1 N–H and O–H groups in total. The van der Waals surface area contributed by atoms with E-state index in [2.05, 4.69) is 15.3 Å². The van der Waals surface area contributed by atoms with Crippen LogP contribution in [0.1, 0.15) is 9.88 Å². The Labute approximate surface area is 97.2 Å². The fourth-order valence-corrected chi connectivity index (χ4v) is 2.07. The molecule has 0 amide bonds. The zero-order valence-corrected chi connectivity index (χ0v) is 9.77. The van der Waals surface area contributed by atoms with E-state index >= 15 is 0 Å². The number of nitrogens with zero attached hydrogens (tertiary/aromatic N) is 2. The fourth-order valence-electron chi connectivity index (χ4n) is 1.17. The standard InChI is InChI=1S/C10H10ClN3S/c1-7-12-5-8(15-7)6-13-10-4-2-3-9(11)14-10/h2-5H,6H2,1H3,(H,13,14). The predicted molar refractivity (Wildman–Crippen MR) is 63.4 cm³/mol. The van der Waals surface area contributed by atoms with Crippen molar-refractivity contribution in [1.82, 2.24) is 9.97 Å². The van der Waals surface area contributed by atoms with Gasteiger partial charge in [-0.05, 0) is 19.1 Å². The largest absolute Gasteiger partial charge is 0.365 e. The molecule has 0 radical (unpaired) electrons. The summed E-state index contributed by atoms with van der Waals surface area (Å²) in [6, 6.07) is 5.51. The Hall–Kier alpha value is -1.13. The lowest BCUT2D eigenvalue weighted by molar-refractivity contribution is 1.13. The van der Waals surface area contributed by atoms with E-state index < -0.39 is 0 Å². The highest BCUT2D eigenvalue weighted by molar-refractivity contribution is 7.11. The molecule has 5 heteroatoms. The van der Waals surface area contributed by atoms with Gasteiger partial charge in [-0.3, -0.25) is 0 Å². The molecule has 0 bridgehead atoms. The van der Waals surface area contributed by atoms with Gasteiger partial charge in [-0.25, -0.2) is 9.97 Å². The Morgan fingerprint density at radius 3 is 3.00 bits per heavy atom. The summed E-state index contributed by atoms with van der Waals surface area (Å²) in [7, 11) is 0. The molecule has 2 rings (SSSR count). The van der Waals surface area contributed by atoms with Crippen LogP contribution in [0.25, 0.3) is 0 Å². The predicted octanol–water partition coefficient (Wildman–Crippen LogP) is 3.11. The summed E-state index contributed by atoms with van der Waals surface area (Å²) in [5, 5.41) is 4.77. The Bertz CT molecular complexity index is 455. The van der Waals surface area contributed by atoms with Gasteiger partial charge in [-0.2, -0.15) is 0 Å². The van der Waals surface area contributed by atoms with E-state index in [-0.39, 0.29) is 0 Å². The Morgan fingerprint density at radius 1 is 1.47 bits per heavy atom. The van der Waals surface area contributed by atoms with Crippen molar-refractivity contribution in [2.45, 2.75) is 13.5 Å². The number of anilines is 1. The minimum absolute atomic E-state index is 0.500. The third kappa shape index (κ3) is 2.91. The minimum atomic E-state index is 0.500. The lowest BCUT2D eigenvalue weighted by Crippen LogP contribution is -1.99. The molecule has 0 aromatic carbocycles. The molecule has 2 aromatic heterocycles. The molecule has 0 spiro atoms. The third-order valence-corrected chi connectivity index (χ3v) is 2.95. The van der Waals surface area contributed by atoms with E-state index in [1.807, 2.05) is 25.3 Å². The maximum absolute atomic E-state index is 5.77. The molecule has 0 aliphatic carbocycles. The summed E-state index contributed by atoms with van der Waals surface area (Å²) in [6.07, 6.45) is 1.87. The van der Waals surface area contributed by atoms with Crippen molar-refractivity contribution in [3.05, 3.63) is 39.4 Å². The zero-order valence-electron chi connectivity index (χ0n) is 8.20. The van der Waals surface area contributed by atoms with Crippen LogP contribution in [0.4, 0.5) is 5.82 Å². The summed E-state index contributed by atoms with van der Waals surface area (Å²) >= 11 is 7.45. The van der Waals surface area contributed by atoms with Gasteiger partial charge < -0.3 is 5.32 Å². The second-order valence-corrected chi connectivity index (χ2v) is 4.75. The maximum Gasteiger partial charge on any atom is 0.131 e. The van der Waals surface area contributed by atoms with Crippen LogP contribution in [0.5, 0.6) is 0 Å². The molecule has 0 atom stereocenters. The molecule has 2 heterocycles. The van der Waals surface area contributed by atoms with Gasteiger partial charge >= 0.3 is 0 Å². The van der Waals surface area contributed by atoms with Crippen molar-refractivity contribution in [3.8, 4) is 0 Å². The van der Waals surface area contributed by atoms with Crippen LogP contribution < -0.4 is 5.32 Å². The number of thiazole rings is 1. The molecule has 78 valence electrons. The topological polar surface area (TPSA) is 37.8 Å². The smallest absolute Gasteiger partial charge is 0.131 e. The molecular weight excluding hydrogens is 230 g/mol. The van der Waals surface area contributed by atoms with E-state index in [1.165, 1.54) is 4.88 Å². The fraction of sp³-hybridized carbons (Fsp3) is 0.200. The van der Waals surface area contributed by atoms with Crippen LogP contribution in [0.15, 0.2) is 24.4 Å². The van der Waals surface area contributed by atoms with E-state index in [9.17, 15) is 0 Å². The summed E-state index contributed by atoms with van der Waals surface area (Å²) in [5.41, 5.74) is 0. The van der Waals surface area contributed by atoms with Gasteiger partial charge in [0.2, 0.25) is 0 Å². The third-order valence-electron chi connectivity index (χ3n) is 1.83. The van der Waals surface area contributed by atoms with Gasteiger partial charge in [0.25, 0.3) is 0 Å². The summed E-state index contributed by atoms with van der Waals surface area (Å²) in [6.45, 7) is 2.73. The summed E-state index contributed by atoms with van der Waals surface area (Å²) < 4.78 is 0. The molecule has 0 saturated heterocycles. The minimum Gasteiger partial charge on any atom is -0.365 e. The first-order chi connectivity index (χ1) is 7.24. The number of hydrogen-bond donors (Lipinski definition) is 1. The number of halogens is 1. The lowest BCUT2D eigenvalue weighted by Gasteiger charge is -2.02. The summed E-state index contributed by atoms with van der Waals surface area (Å²) in [5.74, 6) is 0.786. The number of nitrogens with one attached hydrogen (secondary N) is 1. The van der Waals surface area contributed by atoms with Gasteiger partial charge in [-0.1, -0.05) is 17.7 Å². The highest BCUT2D eigenvalue weighted by Crippen LogP contribution is 2.14. The SMILES string of the molecule is Cc1ncc(CNc2cccc(Cl)n2)s1. The molecule has 0 unspecified atom stereocenters. The van der Waals surface area contributed by atoms with Crippen molar-refractivity contribution >= 4 is 28.8 Å². The monoisotopic (exact) mass is 239 g/mol. The van der Waals surface area contributed by atoms with Crippen LogP contribution >= 0.6 is 22.9 Å². The van der Waals surface area contributed by atoms with Crippen LogP contribution in [-0.4, -0.2) is 9.97 Å². The van der Waals surface area contributed by atoms with Crippen molar-refractivity contribution < 1.29 is 0 Å². The first-order valence-electron chi connectivity index (χ1n) is 4.52. The van der Waals surface area contributed by atoms with Gasteiger partial charge in [0.1, 0.15) is 11.0 Å². The van der Waals surface area contributed by atoms with Crippen molar-refractivity contribution in [3.63, 3.8) is 0 Å². The summed E-state index contributed by atoms with van der Waals surface area (Å²) in [4.78, 5) is 9.50. The first-order valence-corrected chi connectivity index (χ1v) is 5.71. The van der Waals surface area contributed by atoms with Gasteiger partial charge in [0, 0.05) is 11.1 Å². The highest BCUT2D eigenvalue weighted by atomic mass is 35.5. The van der Waals surface area contributed by atoms with Crippen molar-refractivity contribution in [2.75, 3.05) is 5.32 Å². The van der Waals surface area contributed by atoms with Crippen LogP contribution in [0.2, 0.25) is 5.15 Å². The second-order valence-electron chi connectivity index (χ2n) is 3.04. The molecule has 0 aliphatic heterocycles.